The van der Waals surface area contributed by atoms with E-state index in [4.69, 9.17) is 23.2 Å². The third kappa shape index (κ3) is 8.46. The van der Waals surface area contributed by atoms with Crippen LogP contribution in [0.5, 0.6) is 0 Å². The molecule has 2 amide bonds. The first kappa shape index (κ1) is 30.0. The van der Waals surface area contributed by atoms with E-state index in [1.807, 2.05) is 54.6 Å². The van der Waals surface area contributed by atoms with Gasteiger partial charge in [0.05, 0.1) is 11.9 Å². The van der Waals surface area contributed by atoms with Gasteiger partial charge in [0.2, 0.25) is 21.8 Å². The number of halogens is 3. The third-order valence-corrected chi connectivity index (χ3v) is 7.75. The molecule has 0 fully saturated rings. The lowest BCUT2D eigenvalue weighted by atomic mass is 10.0. The van der Waals surface area contributed by atoms with Crippen molar-refractivity contribution < 1.29 is 18.0 Å². The fourth-order valence-electron chi connectivity index (χ4n) is 3.97. The molecule has 38 heavy (non-hydrogen) atoms. The van der Waals surface area contributed by atoms with E-state index in [1.165, 1.54) is 23.1 Å². The molecular weight excluding hydrogens is 613 g/mol. The minimum Gasteiger partial charge on any atom is -0.355 e. The number of nitrogens with one attached hydrogen (secondary N) is 1. The lowest BCUT2D eigenvalue weighted by molar-refractivity contribution is -0.140. The Morgan fingerprint density at radius 3 is 2.16 bits per heavy atom. The zero-order valence-electron chi connectivity index (χ0n) is 20.9. The average Bonchev–Trinajstić information content (AvgIpc) is 2.84. The van der Waals surface area contributed by atoms with Crippen LogP contribution in [0.25, 0.3) is 0 Å². The van der Waals surface area contributed by atoms with Crippen LogP contribution in [0.3, 0.4) is 0 Å². The molecule has 0 bridgehead atoms. The lowest BCUT2D eigenvalue weighted by Gasteiger charge is -2.33. The number of amides is 2. The van der Waals surface area contributed by atoms with Gasteiger partial charge >= 0.3 is 0 Å². The summed E-state index contributed by atoms with van der Waals surface area (Å²) >= 11 is 15.7. The maximum Gasteiger partial charge on any atom is 0.244 e. The second-order valence-electron chi connectivity index (χ2n) is 8.65. The van der Waals surface area contributed by atoms with Crippen molar-refractivity contribution in [1.82, 2.24) is 10.2 Å². The molecule has 0 saturated carbocycles. The Labute approximate surface area is 241 Å². The molecule has 3 rings (SSSR count). The second kappa shape index (κ2) is 13.5. The fraction of sp³-hybridized carbons (Fsp3) is 0.259. The van der Waals surface area contributed by atoms with Crippen LogP contribution < -0.4 is 9.62 Å². The molecule has 7 nitrogen and oxygen atoms in total. The fourth-order valence-corrected chi connectivity index (χ4v) is 5.77. The molecule has 3 aromatic rings. The van der Waals surface area contributed by atoms with Crippen LogP contribution in [0.4, 0.5) is 5.69 Å². The molecular formula is C27H28BrCl2N3O4S. The summed E-state index contributed by atoms with van der Waals surface area (Å²) in [5.41, 5.74) is 1.78. The highest BCUT2D eigenvalue weighted by atomic mass is 79.9. The normalized spacial score (nSPS) is 12.0. The highest BCUT2D eigenvalue weighted by Gasteiger charge is 2.33. The van der Waals surface area contributed by atoms with Crippen LogP contribution in [0.15, 0.2) is 77.3 Å². The lowest BCUT2D eigenvalue weighted by Crippen LogP contribution is -2.53. The molecule has 202 valence electrons. The molecule has 0 spiro atoms. The number of carbonyl (C=O) groups excluding carboxylic acids is 2. The van der Waals surface area contributed by atoms with E-state index in [9.17, 15) is 18.0 Å². The van der Waals surface area contributed by atoms with Gasteiger partial charge in [-0.3, -0.25) is 13.9 Å². The van der Waals surface area contributed by atoms with Crippen molar-refractivity contribution in [3.8, 4) is 0 Å². The van der Waals surface area contributed by atoms with Gasteiger partial charge in [0.25, 0.3) is 0 Å². The quantitative estimate of drug-likeness (QED) is 0.308. The zero-order valence-corrected chi connectivity index (χ0v) is 24.8. The minimum atomic E-state index is -3.91. The maximum absolute atomic E-state index is 13.9. The molecule has 3 aromatic carbocycles. The summed E-state index contributed by atoms with van der Waals surface area (Å²) in [6, 6.07) is 20.1. The molecule has 0 saturated heterocycles. The van der Waals surface area contributed by atoms with Gasteiger partial charge in [-0.2, -0.15) is 0 Å². The van der Waals surface area contributed by atoms with Gasteiger partial charge in [-0.15, -0.1) is 0 Å². The second-order valence-corrected chi connectivity index (χ2v) is 12.3. The first-order valence-corrected chi connectivity index (χ1v) is 15.2. The van der Waals surface area contributed by atoms with Crippen molar-refractivity contribution >= 4 is 66.7 Å². The summed E-state index contributed by atoms with van der Waals surface area (Å²) in [6.45, 7) is 1.71. The topological polar surface area (TPSA) is 86.8 Å². The van der Waals surface area contributed by atoms with Gasteiger partial charge in [-0.1, -0.05) is 81.6 Å². The van der Waals surface area contributed by atoms with E-state index in [1.54, 1.807) is 6.92 Å². The Hall–Kier alpha value is -2.59. The van der Waals surface area contributed by atoms with E-state index in [0.717, 1.165) is 26.2 Å². The van der Waals surface area contributed by atoms with Crippen LogP contribution >= 0.6 is 39.1 Å². The van der Waals surface area contributed by atoms with Crippen molar-refractivity contribution in [2.24, 2.45) is 0 Å². The van der Waals surface area contributed by atoms with Gasteiger partial charge in [-0.05, 0) is 48.4 Å². The van der Waals surface area contributed by atoms with Crippen LogP contribution in [0.2, 0.25) is 10.0 Å². The molecule has 0 heterocycles. The average molecular weight is 641 g/mol. The van der Waals surface area contributed by atoms with E-state index in [0.29, 0.717) is 6.54 Å². The zero-order chi connectivity index (χ0) is 27.9. The molecule has 0 radical (unpaired) electrons. The molecule has 11 heteroatoms. The Morgan fingerprint density at radius 1 is 0.947 bits per heavy atom. The molecule has 0 aliphatic heterocycles. The monoisotopic (exact) mass is 639 g/mol. The Bertz CT molecular complexity index is 1370. The van der Waals surface area contributed by atoms with Gasteiger partial charge < -0.3 is 10.2 Å². The largest absolute Gasteiger partial charge is 0.355 e. The van der Waals surface area contributed by atoms with Gasteiger partial charge in [0.1, 0.15) is 12.6 Å². The van der Waals surface area contributed by atoms with Crippen molar-refractivity contribution in [3.05, 3.63) is 98.4 Å². The number of likely N-dealkylation sites (N-methyl/N-ethyl adjacent to an activating group) is 1. The predicted molar refractivity (Wildman–Crippen MR) is 156 cm³/mol. The van der Waals surface area contributed by atoms with Crippen molar-refractivity contribution in [2.45, 2.75) is 25.9 Å². The molecule has 1 atom stereocenters. The van der Waals surface area contributed by atoms with Crippen LogP contribution in [0, 0.1) is 0 Å². The first-order chi connectivity index (χ1) is 18.0. The van der Waals surface area contributed by atoms with E-state index in [-0.39, 0.29) is 34.6 Å². The Morgan fingerprint density at radius 2 is 1.58 bits per heavy atom. The Balaban J connectivity index is 2.06. The number of nitrogens with zero attached hydrogens (tertiary/aromatic N) is 2. The van der Waals surface area contributed by atoms with Crippen molar-refractivity contribution in [2.75, 3.05) is 23.7 Å². The molecule has 1 N–H and O–H groups in total. The van der Waals surface area contributed by atoms with Crippen molar-refractivity contribution in [1.29, 1.82) is 0 Å². The number of rotatable bonds is 11. The first-order valence-electron chi connectivity index (χ1n) is 11.8. The number of hydrogen-bond acceptors (Lipinski definition) is 4. The van der Waals surface area contributed by atoms with Gasteiger partial charge in [-0.25, -0.2) is 8.42 Å². The molecule has 0 aliphatic carbocycles. The third-order valence-electron chi connectivity index (χ3n) is 5.68. The SMILES string of the molecule is CCNC(=O)[C@@H](Cc1ccccc1)N(Cc1cccc(Br)c1)C(=O)CN(c1cc(Cl)cc(Cl)c1)S(C)(=O)=O. The summed E-state index contributed by atoms with van der Waals surface area (Å²) in [5.74, 6) is -0.893. The summed E-state index contributed by atoms with van der Waals surface area (Å²) in [6.07, 6.45) is 1.24. The predicted octanol–water partition coefficient (Wildman–Crippen LogP) is 5.30. The van der Waals surface area contributed by atoms with E-state index < -0.39 is 28.5 Å². The summed E-state index contributed by atoms with van der Waals surface area (Å²) in [7, 11) is -3.91. The summed E-state index contributed by atoms with van der Waals surface area (Å²) in [4.78, 5) is 28.7. The molecule has 0 aliphatic rings. The van der Waals surface area contributed by atoms with Crippen LogP contribution in [0.1, 0.15) is 18.1 Å². The highest BCUT2D eigenvalue weighted by Crippen LogP contribution is 2.27. The number of anilines is 1. The van der Waals surface area contributed by atoms with Gasteiger partial charge in [0, 0.05) is 34.0 Å². The molecule has 0 unspecified atom stereocenters. The van der Waals surface area contributed by atoms with Crippen molar-refractivity contribution in [3.63, 3.8) is 0 Å². The van der Waals surface area contributed by atoms with E-state index >= 15 is 0 Å². The summed E-state index contributed by atoms with van der Waals surface area (Å²) < 4.78 is 27.3. The number of hydrogen-bond donors (Lipinski definition) is 1. The van der Waals surface area contributed by atoms with E-state index in [2.05, 4.69) is 21.2 Å². The minimum absolute atomic E-state index is 0.0841. The molecule has 0 aromatic heterocycles. The van der Waals surface area contributed by atoms with Gasteiger partial charge in [0.15, 0.2) is 0 Å². The number of benzene rings is 3. The Kier molecular flexibility index (Phi) is 10.6. The highest BCUT2D eigenvalue weighted by molar-refractivity contribution is 9.10. The number of carbonyl (C=O) groups is 2. The number of sulfonamides is 1. The smallest absolute Gasteiger partial charge is 0.244 e. The standard InChI is InChI=1S/C27H28BrCl2N3O4S/c1-3-31-27(35)25(13-19-8-5-4-6-9-19)32(17-20-10-7-11-21(28)12-20)26(34)18-33(38(2,36)37)24-15-22(29)14-23(30)16-24/h4-12,14-16,25H,3,13,17-18H2,1-2H3,(H,31,35)/t25-/m1/s1. The van der Waals surface area contributed by atoms with Crippen LogP contribution in [-0.4, -0.2) is 50.5 Å². The maximum atomic E-state index is 13.9. The summed E-state index contributed by atoms with van der Waals surface area (Å²) in [5, 5.41) is 3.27. The van der Waals surface area contributed by atoms with Crippen LogP contribution in [-0.2, 0) is 32.6 Å².